The highest BCUT2D eigenvalue weighted by molar-refractivity contribution is 5.80. The van der Waals surface area contributed by atoms with Crippen LogP contribution in [-0.2, 0) is 9.53 Å². The second kappa shape index (κ2) is 5.27. The van der Waals surface area contributed by atoms with Crippen LogP contribution in [0.15, 0.2) is 24.3 Å². The summed E-state index contributed by atoms with van der Waals surface area (Å²) in [7, 11) is 1.55. The molecular weight excluding hydrogens is 221 g/mol. The third-order valence-electron chi connectivity index (χ3n) is 2.91. The fourth-order valence-electron chi connectivity index (χ4n) is 1.73. The van der Waals surface area contributed by atoms with Gasteiger partial charge in [0.05, 0.1) is 6.10 Å². The molecule has 2 rings (SSSR count). The summed E-state index contributed by atoms with van der Waals surface area (Å²) in [4.78, 5) is 11.5. The first-order chi connectivity index (χ1) is 8.20. The molecule has 0 radical (unpaired) electrons. The first-order valence-electron chi connectivity index (χ1n) is 5.76. The largest absolute Gasteiger partial charge is 0.375 e. The van der Waals surface area contributed by atoms with Crippen LogP contribution in [0.5, 0.6) is 0 Å². The average molecular weight is 237 g/mol. The predicted octanol–water partition coefficient (Wildman–Crippen LogP) is 2.04. The second-order valence-electron chi connectivity index (χ2n) is 4.30. The number of halogens is 1. The highest BCUT2D eigenvalue weighted by Gasteiger charge is 2.29. The van der Waals surface area contributed by atoms with Gasteiger partial charge in [0.15, 0.2) is 0 Å². The van der Waals surface area contributed by atoms with Gasteiger partial charge in [-0.1, -0.05) is 12.1 Å². The molecule has 92 valence electrons. The summed E-state index contributed by atoms with van der Waals surface area (Å²) >= 11 is 0. The third-order valence-corrected chi connectivity index (χ3v) is 2.91. The van der Waals surface area contributed by atoms with E-state index in [2.05, 4.69) is 5.32 Å². The highest BCUT2D eigenvalue weighted by Crippen LogP contribution is 2.29. The van der Waals surface area contributed by atoms with Gasteiger partial charge in [-0.3, -0.25) is 4.79 Å². The molecule has 0 spiro atoms. The van der Waals surface area contributed by atoms with Crippen LogP contribution >= 0.6 is 0 Å². The zero-order valence-electron chi connectivity index (χ0n) is 9.78. The van der Waals surface area contributed by atoms with E-state index in [0.717, 1.165) is 18.4 Å². The van der Waals surface area contributed by atoms with Gasteiger partial charge >= 0.3 is 0 Å². The van der Waals surface area contributed by atoms with Gasteiger partial charge in [-0.25, -0.2) is 4.39 Å². The highest BCUT2D eigenvalue weighted by atomic mass is 19.1. The molecule has 0 heterocycles. The zero-order chi connectivity index (χ0) is 12.3. The molecule has 17 heavy (non-hydrogen) atoms. The summed E-state index contributed by atoms with van der Waals surface area (Å²) in [6, 6.07) is 6.25. The molecular formula is C13H16FNO2. The minimum Gasteiger partial charge on any atom is -0.375 e. The SMILES string of the molecule is CO[C@H](CNC(=O)C1CC1)c1cccc(F)c1. The monoisotopic (exact) mass is 237 g/mol. The number of hydrogen-bond donors (Lipinski definition) is 1. The Morgan fingerprint density at radius 2 is 2.35 bits per heavy atom. The normalized spacial score (nSPS) is 16.6. The Labute approximate surface area is 100.0 Å². The fraction of sp³-hybridized carbons (Fsp3) is 0.462. The molecule has 0 aliphatic heterocycles. The number of carbonyl (C=O) groups excluding carboxylic acids is 1. The molecule has 0 bridgehead atoms. The molecule has 0 saturated heterocycles. The summed E-state index contributed by atoms with van der Waals surface area (Å²) in [5, 5.41) is 2.83. The lowest BCUT2D eigenvalue weighted by molar-refractivity contribution is -0.122. The minimum absolute atomic E-state index is 0.0726. The van der Waals surface area contributed by atoms with Gasteiger partial charge in [0, 0.05) is 19.6 Å². The maximum Gasteiger partial charge on any atom is 0.223 e. The van der Waals surface area contributed by atoms with Crippen LogP contribution < -0.4 is 5.32 Å². The van der Waals surface area contributed by atoms with Crippen molar-refractivity contribution in [3.8, 4) is 0 Å². The van der Waals surface area contributed by atoms with E-state index in [1.807, 2.05) is 0 Å². The standard InChI is InChI=1S/C13H16FNO2/c1-17-12(8-15-13(16)9-5-6-9)10-3-2-4-11(14)7-10/h2-4,7,9,12H,5-6,8H2,1H3,(H,15,16)/t12-/m1/s1. The molecule has 1 N–H and O–H groups in total. The van der Waals surface area contributed by atoms with Crippen molar-refractivity contribution < 1.29 is 13.9 Å². The molecule has 1 amide bonds. The van der Waals surface area contributed by atoms with E-state index in [-0.39, 0.29) is 23.7 Å². The van der Waals surface area contributed by atoms with Gasteiger partial charge in [-0.05, 0) is 30.5 Å². The van der Waals surface area contributed by atoms with Gasteiger partial charge in [0.2, 0.25) is 5.91 Å². The van der Waals surface area contributed by atoms with Crippen LogP contribution in [-0.4, -0.2) is 19.6 Å². The number of amides is 1. The van der Waals surface area contributed by atoms with E-state index in [9.17, 15) is 9.18 Å². The number of carbonyl (C=O) groups is 1. The van der Waals surface area contributed by atoms with E-state index >= 15 is 0 Å². The number of benzene rings is 1. The van der Waals surface area contributed by atoms with Crippen LogP contribution in [0.2, 0.25) is 0 Å². The summed E-state index contributed by atoms with van der Waals surface area (Å²) in [5.41, 5.74) is 0.739. The molecule has 0 aromatic heterocycles. The van der Waals surface area contributed by atoms with Crippen molar-refractivity contribution in [1.29, 1.82) is 0 Å². The van der Waals surface area contributed by atoms with Crippen molar-refractivity contribution in [3.63, 3.8) is 0 Å². The zero-order valence-corrected chi connectivity index (χ0v) is 9.78. The maximum absolute atomic E-state index is 13.1. The molecule has 1 aromatic rings. The molecule has 4 heteroatoms. The van der Waals surface area contributed by atoms with Gasteiger partial charge in [0.1, 0.15) is 5.82 Å². The molecule has 1 fully saturated rings. The molecule has 1 saturated carbocycles. The topological polar surface area (TPSA) is 38.3 Å². The van der Waals surface area contributed by atoms with E-state index in [0.29, 0.717) is 6.54 Å². The van der Waals surface area contributed by atoms with Crippen molar-refractivity contribution in [2.24, 2.45) is 5.92 Å². The van der Waals surface area contributed by atoms with Crippen molar-refractivity contribution in [2.45, 2.75) is 18.9 Å². The van der Waals surface area contributed by atoms with Crippen LogP contribution in [0.1, 0.15) is 24.5 Å². The van der Waals surface area contributed by atoms with E-state index in [1.165, 1.54) is 12.1 Å². The molecule has 1 aliphatic rings. The average Bonchev–Trinajstić information content (AvgIpc) is 3.13. The summed E-state index contributed by atoms with van der Waals surface area (Å²) < 4.78 is 18.3. The Morgan fingerprint density at radius 3 is 2.94 bits per heavy atom. The van der Waals surface area contributed by atoms with Crippen LogP contribution in [0.25, 0.3) is 0 Å². The second-order valence-corrected chi connectivity index (χ2v) is 4.30. The Kier molecular flexibility index (Phi) is 3.74. The number of rotatable bonds is 5. The van der Waals surface area contributed by atoms with Crippen LogP contribution in [0.3, 0.4) is 0 Å². The summed E-state index contributed by atoms with van der Waals surface area (Å²) in [5.74, 6) is -0.0402. The van der Waals surface area contributed by atoms with E-state index in [4.69, 9.17) is 4.74 Å². The van der Waals surface area contributed by atoms with Gasteiger partial charge < -0.3 is 10.1 Å². The number of hydrogen-bond acceptors (Lipinski definition) is 2. The van der Waals surface area contributed by atoms with Crippen molar-refractivity contribution in [1.82, 2.24) is 5.32 Å². The first-order valence-corrected chi connectivity index (χ1v) is 5.76. The third kappa shape index (κ3) is 3.27. The summed E-state index contributed by atoms with van der Waals surface area (Å²) in [6.45, 7) is 0.384. The Morgan fingerprint density at radius 1 is 1.59 bits per heavy atom. The molecule has 1 atom stereocenters. The molecule has 0 unspecified atom stereocenters. The van der Waals surface area contributed by atoms with Gasteiger partial charge in [-0.2, -0.15) is 0 Å². The Balaban J connectivity index is 1.93. The minimum atomic E-state index is -0.298. The van der Waals surface area contributed by atoms with Gasteiger partial charge in [0.25, 0.3) is 0 Å². The van der Waals surface area contributed by atoms with Gasteiger partial charge in [-0.15, -0.1) is 0 Å². The van der Waals surface area contributed by atoms with Crippen molar-refractivity contribution >= 4 is 5.91 Å². The molecule has 1 aliphatic carbocycles. The van der Waals surface area contributed by atoms with E-state index in [1.54, 1.807) is 19.2 Å². The number of nitrogens with one attached hydrogen (secondary N) is 1. The summed E-state index contributed by atoms with van der Waals surface area (Å²) in [6.07, 6.45) is 1.65. The molecule has 3 nitrogen and oxygen atoms in total. The number of ether oxygens (including phenoxy) is 1. The lowest BCUT2D eigenvalue weighted by atomic mass is 10.1. The predicted molar refractivity (Wildman–Crippen MR) is 61.9 cm³/mol. The number of methoxy groups -OCH3 is 1. The lowest BCUT2D eigenvalue weighted by Crippen LogP contribution is -2.30. The van der Waals surface area contributed by atoms with Crippen LogP contribution in [0.4, 0.5) is 4.39 Å². The Hall–Kier alpha value is -1.42. The van der Waals surface area contributed by atoms with Crippen molar-refractivity contribution in [3.05, 3.63) is 35.6 Å². The first kappa shape index (κ1) is 12.0. The van der Waals surface area contributed by atoms with Crippen molar-refractivity contribution in [2.75, 3.05) is 13.7 Å². The smallest absolute Gasteiger partial charge is 0.223 e. The van der Waals surface area contributed by atoms with Crippen LogP contribution in [0, 0.1) is 11.7 Å². The lowest BCUT2D eigenvalue weighted by Gasteiger charge is -2.16. The molecule has 1 aromatic carbocycles. The Bertz CT molecular complexity index is 404. The van der Waals surface area contributed by atoms with E-state index < -0.39 is 0 Å². The maximum atomic E-state index is 13.1. The quantitative estimate of drug-likeness (QED) is 0.851. The fourth-order valence-corrected chi connectivity index (χ4v) is 1.73.